The Morgan fingerprint density at radius 1 is 1.44 bits per heavy atom. The van der Waals surface area contributed by atoms with Crippen LogP contribution < -0.4 is 10.1 Å². The number of likely N-dealkylation sites (N-methyl/N-ethyl adjacent to an activating group) is 1. The van der Waals surface area contributed by atoms with E-state index < -0.39 is 5.60 Å². The topological polar surface area (TPSA) is 41.5 Å². The molecule has 0 aliphatic carbocycles. The average molecular weight is 223 g/mol. The summed E-state index contributed by atoms with van der Waals surface area (Å²) in [5.41, 5.74) is 1.14. The maximum absolute atomic E-state index is 10.4. The molecule has 2 N–H and O–H groups in total. The molecule has 0 spiro atoms. The van der Waals surface area contributed by atoms with Crippen molar-refractivity contribution in [1.82, 2.24) is 5.32 Å². The molecule has 16 heavy (non-hydrogen) atoms. The normalized spacial score (nSPS) is 14.6. The van der Waals surface area contributed by atoms with Gasteiger partial charge in [0.1, 0.15) is 5.75 Å². The van der Waals surface area contributed by atoms with Crippen molar-refractivity contribution in [2.24, 2.45) is 0 Å². The molecule has 0 aromatic heterocycles. The van der Waals surface area contributed by atoms with Crippen LogP contribution in [0.1, 0.15) is 25.0 Å². The van der Waals surface area contributed by atoms with E-state index in [-0.39, 0.29) is 0 Å². The molecule has 0 amide bonds. The molecule has 1 atom stereocenters. The zero-order chi connectivity index (χ0) is 12.2. The zero-order valence-corrected chi connectivity index (χ0v) is 10.5. The first-order valence-corrected chi connectivity index (χ1v) is 5.59. The Balaban J connectivity index is 2.94. The quantitative estimate of drug-likeness (QED) is 0.800. The largest absolute Gasteiger partial charge is 0.497 e. The van der Waals surface area contributed by atoms with Crippen LogP contribution in [0.15, 0.2) is 18.2 Å². The van der Waals surface area contributed by atoms with Gasteiger partial charge in [-0.15, -0.1) is 0 Å². The predicted molar refractivity (Wildman–Crippen MR) is 65.8 cm³/mol. The molecule has 90 valence electrons. The van der Waals surface area contributed by atoms with Crippen LogP contribution in [0.2, 0.25) is 0 Å². The Kier molecular flexibility index (Phi) is 4.33. The summed E-state index contributed by atoms with van der Waals surface area (Å²) < 4.78 is 5.15. The molecule has 3 heteroatoms. The van der Waals surface area contributed by atoms with Gasteiger partial charge in [-0.2, -0.15) is 0 Å². The molecule has 0 saturated heterocycles. The Morgan fingerprint density at radius 2 is 2.12 bits per heavy atom. The average Bonchev–Trinajstić information content (AvgIpc) is 2.25. The predicted octanol–water partition coefficient (Wildman–Crippen LogP) is 1.82. The van der Waals surface area contributed by atoms with Crippen molar-refractivity contribution in [3.63, 3.8) is 0 Å². The highest BCUT2D eigenvalue weighted by molar-refractivity contribution is 5.38. The molecule has 0 bridgehead atoms. The van der Waals surface area contributed by atoms with Gasteiger partial charge < -0.3 is 15.2 Å². The smallest absolute Gasteiger partial charge is 0.119 e. The van der Waals surface area contributed by atoms with Crippen LogP contribution in [-0.4, -0.2) is 25.3 Å². The SMILES string of the molecule is CCNCC(C)(O)c1ccc(OC)cc1C. The maximum Gasteiger partial charge on any atom is 0.119 e. The molecular formula is C13H21NO2. The van der Waals surface area contributed by atoms with Crippen molar-refractivity contribution in [2.45, 2.75) is 26.4 Å². The minimum absolute atomic E-state index is 0.552. The lowest BCUT2D eigenvalue weighted by Gasteiger charge is -2.26. The third-order valence-corrected chi connectivity index (χ3v) is 2.73. The van der Waals surface area contributed by atoms with E-state index in [0.29, 0.717) is 6.54 Å². The van der Waals surface area contributed by atoms with Crippen molar-refractivity contribution >= 4 is 0 Å². The van der Waals surface area contributed by atoms with E-state index in [1.54, 1.807) is 7.11 Å². The summed E-state index contributed by atoms with van der Waals surface area (Å²) in [6.07, 6.45) is 0. The first-order chi connectivity index (χ1) is 7.51. The van der Waals surface area contributed by atoms with Crippen LogP contribution >= 0.6 is 0 Å². The fraction of sp³-hybridized carbons (Fsp3) is 0.538. The molecule has 1 rings (SSSR count). The Bertz CT molecular complexity index is 348. The van der Waals surface area contributed by atoms with Crippen molar-refractivity contribution in [3.8, 4) is 5.75 Å². The monoisotopic (exact) mass is 223 g/mol. The zero-order valence-electron chi connectivity index (χ0n) is 10.5. The molecule has 0 radical (unpaired) electrons. The summed E-state index contributed by atoms with van der Waals surface area (Å²) in [7, 11) is 1.64. The summed E-state index contributed by atoms with van der Waals surface area (Å²) in [6, 6.07) is 5.74. The fourth-order valence-electron chi connectivity index (χ4n) is 1.83. The number of nitrogens with one attached hydrogen (secondary N) is 1. The summed E-state index contributed by atoms with van der Waals surface area (Å²) in [6.45, 7) is 7.24. The van der Waals surface area contributed by atoms with Crippen molar-refractivity contribution in [2.75, 3.05) is 20.2 Å². The Morgan fingerprint density at radius 3 is 2.62 bits per heavy atom. The molecule has 3 nitrogen and oxygen atoms in total. The number of methoxy groups -OCH3 is 1. The summed E-state index contributed by atoms with van der Waals surface area (Å²) in [4.78, 5) is 0. The summed E-state index contributed by atoms with van der Waals surface area (Å²) >= 11 is 0. The van der Waals surface area contributed by atoms with E-state index in [2.05, 4.69) is 5.32 Å². The number of aryl methyl sites for hydroxylation is 1. The van der Waals surface area contributed by atoms with Gasteiger partial charge in [0.05, 0.1) is 12.7 Å². The third-order valence-electron chi connectivity index (χ3n) is 2.73. The Hall–Kier alpha value is -1.06. The van der Waals surface area contributed by atoms with Gasteiger partial charge in [0.15, 0.2) is 0 Å². The minimum Gasteiger partial charge on any atom is -0.497 e. The van der Waals surface area contributed by atoms with Gasteiger partial charge in [-0.05, 0) is 43.7 Å². The highest BCUT2D eigenvalue weighted by Gasteiger charge is 2.24. The fourth-order valence-corrected chi connectivity index (χ4v) is 1.83. The van der Waals surface area contributed by atoms with Crippen LogP contribution in [0, 0.1) is 6.92 Å². The van der Waals surface area contributed by atoms with Gasteiger partial charge >= 0.3 is 0 Å². The summed E-state index contributed by atoms with van der Waals surface area (Å²) in [5, 5.41) is 13.5. The summed E-state index contributed by atoms with van der Waals surface area (Å²) in [5.74, 6) is 0.820. The van der Waals surface area contributed by atoms with E-state index >= 15 is 0 Å². The number of ether oxygens (including phenoxy) is 1. The standard InChI is InChI=1S/C13H21NO2/c1-5-14-9-13(3,15)12-7-6-11(16-4)8-10(12)2/h6-8,14-15H,5,9H2,1-4H3. The van der Waals surface area contributed by atoms with Crippen molar-refractivity contribution < 1.29 is 9.84 Å². The molecule has 0 heterocycles. The van der Waals surface area contributed by atoms with Crippen LogP contribution in [0.4, 0.5) is 0 Å². The molecule has 1 unspecified atom stereocenters. The number of hydrogen-bond acceptors (Lipinski definition) is 3. The van der Waals surface area contributed by atoms with Gasteiger partial charge in [0.25, 0.3) is 0 Å². The minimum atomic E-state index is -0.841. The van der Waals surface area contributed by atoms with Crippen molar-refractivity contribution in [1.29, 1.82) is 0 Å². The molecule has 1 aromatic carbocycles. The second kappa shape index (κ2) is 5.32. The number of rotatable bonds is 5. The van der Waals surface area contributed by atoms with Gasteiger partial charge in [-0.25, -0.2) is 0 Å². The molecule has 0 aliphatic rings. The lowest BCUT2D eigenvalue weighted by atomic mass is 9.92. The second-order valence-corrected chi connectivity index (χ2v) is 4.24. The molecule has 0 aliphatic heterocycles. The maximum atomic E-state index is 10.4. The first-order valence-electron chi connectivity index (χ1n) is 5.59. The number of aliphatic hydroxyl groups is 1. The van der Waals surface area contributed by atoms with E-state index in [1.807, 2.05) is 39.0 Å². The van der Waals surface area contributed by atoms with Gasteiger partial charge in [0, 0.05) is 6.54 Å². The van der Waals surface area contributed by atoms with E-state index in [0.717, 1.165) is 23.4 Å². The van der Waals surface area contributed by atoms with Crippen LogP contribution in [0.25, 0.3) is 0 Å². The lowest BCUT2D eigenvalue weighted by molar-refractivity contribution is 0.0569. The lowest BCUT2D eigenvalue weighted by Crippen LogP contribution is -2.35. The second-order valence-electron chi connectivity index (χ2n) is 4.24. The first kappa shape index (κ1) is 13.0. The van der Waals surface area contributed by atoms with E-state index in [9.17, 15) is 5.11 Å². The number of hydrogen-bond donors (Lipinski definition) is 2. The highest BCUT2D eigenvalue weighted by Crippen LogP contribution is 2.26. The van der Waals surface area contributed by atoms with Gasteiger partial charge in [0.2, 0.25) is 0 Å². The van der Waals surface area contributed by atoms with E-state index in [1.165, 1.54) is 0 Å². The van der Waals surface area contributed by atoms with E-state index in [4.69, 9.17) is 4.74 Å². The Labute approximate surface area is 97.4 Å². The van der Waals surface area contributed by atoms with Crippen molar-refractivity contribution in [3.05, 3.63) is 29.3 Å². The van der Waals surface area contributed by atoms with Gasteiger partial charge in [-0.3, -0.25) is 0 Å². The van der Waals surface area contributed by atoms with Gasteiger partial charge in [-0.1, -0.05) is 13.0 Å². The number of benzene rings is 1. The van der Waals surface area contributed by atoms with Crippen LogP contribution in [0.3, 0.4) is 0 Å². The molecule has 0 saturated carbocycles. The molecule has 0 fully saturated rings. The molecular weight excluding hydrogens is 202 g/mol. The van der Waals surface area contributed by atoms with Crippen LogP contribution in [-0.2, 0) is 5.60 Å². The van der Waals surface area contributed by atoms with Crippen LogP contribution in [0.5, 0.6) is 5.75 Å². The third kappa shape index (κ3) is 2.97. The molecule has 1 aromatic rings. The highest BCUT2D eigenvalue weighted by atomic mass is 16.5.